The van der Waals surface area contributed by atoms with Crippen molar-refractivity contribution in [3.8, 4) is 6.07 Å². The van der Waals surface area contributed by atoms with Gasteiger partial charge in [-0.25, -0.2) is 9.97 Å². The molecule has 1 saturated carbocycles. The van der Waals surface area contributed by atoms with Gasteiger partial charge in [0.25, 0.3) is 0 Å². The van der Waals surface area contributed by atoms with Gasteiger partial charge in [0.05, 0.1) is 11.5 Å². The summed E-state index contributed by atoms with van der Waals surface area (Å²) in [6.07, 6.45) is 11.2. The van der Waals surface area contributed by atoms with E-state index in [4.69, 9.17) is 5.26 Å². The zero-order valence-electron chi connectivity index (χ0n) is 16.5. The van der Waals surface area contributed by atoms with E-state index in [2.05, 4.69) is 33.0 Å². The first-order valence-electron chi connectivity index (χ1n) is 10.3. The molecule has 2 fully saturated rings. The maximum absolute atomic E-state index is 12.2. The largest absolute Gasteiger partial charge is 0.356 e. The van der Waals surface area contributed by atoms with Crippen molar-refractivity contribution in [2.24, 2.45) is 5.41 Å². The Morgan fingerprint density at radius 1 is 1.32 bits per heavy atom. The second-order valence-electron chi connectivity index (χ2n) is 8.32. The number of carbonyl (C=O) groups is 1. The molecule has 1 amide bonds. The van der Waals surface area contributed by atoms with Gasteiger partial charge in [0.1, 0.15) is 17.8 Å². The predicted molar refractivity (Wildman–Crippen MR) is 108 cm³/mol. The Kier molecular flexibility index (Phi) is 5.21. The molecule has 1 aliphatic heterocycles. The maximum Gasteiger partial charge on any atom is 0.223 e. The Hall–Kier alpha value is -2.62. The molecular formula is C21H28N6O. The number of likely N-dealkylation sites (tertiary alicyclic amines) is 1. The van der Waals surface area contributed by atoms with Gasteiger partial charge in [-0.3, -0.25) is 4.79 Å². The van der Waals surface area contributed by atoms with Crippen LogP contribution in [0, 0.1) is 16.7 Å². The number of carbonyl (C=O) groups excluding carboxylic acids is 1. The number of H-pyrrole nitrogens is 1. The molecule has 0 atom stereocenters. The minimum atomic E-state index is 0.143. The second-order valence-corrected chi connectivity index (χ2v) is 8.32. The van der Waals surface area contributed by atoms with E-state index in [1.165, 1.54) is 12.8 Å². The van der Waals surface area contributed by atoms with Crippen LogP contribution in [0.4, 0.5) is 5.82 Å². The van der Waals surface area contributed by atoms with Crippen LogP contribution < -0.4 is 4.90 Å². The van der Waals surface area contributed by atoms with E-state index < -0.39 is 0 Å². The van der Waals surface area contributed by atoms with Crippen molar-refractivity contribution < 1.29 is 4.79 Å². The van der Waals surface area contributed by atoms with Crippen molar-refractivity contribution in [1.29, 1.82) is 5.26 Å². The fourth-order valence-electron chi connectivity index (χ4n) is 4.97. The second kappa shape index (κ2) is 7.78. The van der Waals surface area contributed by atoms with E-state index in [9.17, 15) is 4.79 Å². The lowest BCUT2D eigenvalue weighted by atomic mass is 9.66. The molecule has 2 aromatic heterocycles. The molecule has 2 aliphatic rings. The summed E-state index contributed by atoms with van der Waals surface area (Å²) in [6.45, 7) is 1.70. The van der Waals surface area contributed by atoms with Crippen molar-refractivity contribution in [3.63, 3.8) is 0 Å². The maximum atomic E-state index is 12.2. The van der Waals surface area contributed by atoms with E-state index in [1.807, 2.05) is 17.2 Å². The number of aromatic amines is 1. The number of nitrogens with zero attached hydrogens (tertiary/aromatic N) is 5. The molecule has 2 aromatic rings. The van der Waals surface area contributed by atoms with Gasteiger partial charge < -0.3 is 14.8 Å². The highest BCUT2D eigenvalue weighted by atomic mass is 16.2. The molecule has 148 valence electrons. The fourth-order valence-corrected chi connectivity index (χ4v) is 4.97. The van der Waals surface area contributed by atoms with Crippen LogP contribution in [-0.2, 0) is 4.79 Å². The number of piperidine rings is 1. The zero-order chi connectivity index (χ0) is 19.6. The first-order valence-corrected chi connectivity index (χ1v) is 10.3. The first-order chi connectivity index (χ1) is 13.6. The highest BCUT2D eigenvalue weighted by Crippen LogP contribution is 2.46. The molecule has 1 aliphatic carbocycles. The number of nitriles is 1. The number of hydrogen-bond acceptors (Lipinski definition) is 5. The summed E-state index contributed by atoms with van der Waals surface area (Å²) in [5, 5.41) is 9.75. The lowest BCUT2D eigenvalue weighted by Crippen LogP contribution is -2.46. The summed E-state index contributed by atoms with van der Waals surface area (Å²) in [7, 11) is 2.15. The van der Waals surface area contributed by atoms with Crippen LogP contribution in [-0.4, -0.2) is 51.9 Å². The van der Waals surface area contributed by atoms with Crippen molar-refractivity contribution in [2.45, 2.75) is 57.4 Å². The quantitative estimate of drug-likeness (QED) is 0.879. The molecule has 0 bridgehead atoms. The lowest BCUT2D eigenvalue weighted by Gasteiger charge is -2.47. The average molecular weight is 380 g/mol. The van der Waals surface area contributed by atoms with E-state index in [-0.39, 0.29) is 5.91 Å². The molecule has 7 nitrogen and oxygen atoms in total. The van der Waals surface area contributed by atoms with Crippen LogP contribution in [0.5, 0.6) is 0 Å². The van der Waals surface area contributed by atoms with Crippen LogP contribution in [0.3, 0.4) is 0 Å². The Bertz CT molecular complexity index is 866. The van der Waals surface area contributed by atoms with Crippen molar-refractivity contribution in [1.82, 2.24) is 19.9 Å². The van der Waals surface area contributed by atoms with Crippen LogP contribution in [0.2, 0.25) is 0 Å². The van der Waals surface area contributed by atoms with Crippen molar-refractivity contribution >= 4 is 22.8 Å². The number of amides is 1. The van der Waals surface area contributed by atoms with E-state index in [0.29, 0.717) is 24.3 Å². The molecule has 1 N–H and O–H groups in total. The first kappa shape index (κ1) is 18.7. The van der Waals surface area contributed by atoms with E-state index >= 15 is 0 Å². The van der Waals surface area contributed by atoms with Crippen molar-refractivity contribution in [3.05, 3.63) is 18.6 Å². The monoisotopic (exact) mass is 380 g/mol. The number of hydrogen-bond donors (Lipinski definition) is 1. The van der Waals surface area contributed by atoms with E-state index in [0.717, 1.165) is 55.6 Å². The minimum absolute atomic E-state index is 0.143. The molecule has 0 aromatic carbocycles. The Morgan fingerprint density at radius 3 is 2.79 bits per heavy atom. The van der Waals surface area contributed by atoms with E-state index in [1.54, 1.807) is 6.33 Å². The normalized spacial score (nSPS) is 19.6. The van der Waals surface area contributed by atoms with Crippen LogP contribution in [0.25, 0.3) is 11.0 Å². The molecule has 3 heterocycles. The topological polar surface area (TPSA) is 88.9 Å². The smallest absolute Gasteiger partial charge is 0.223 e. The average Bonchev–Trinajstić information content (AvgIpc) is 3.21. The molecular weight excluding hydrogens is 352 g/mol. The number of rotatable bonds is 4. The van der Waals surface area contributed by atoms with Crippen LogP contribution in [0.1, 0.15) is 51.4 Å². The highest BCUT2D eigenvalue weighted by Gasteiger charge is 2.39. The summed E-state index contributed by atoms with van der Waals surface area (Å²) in [6, 6.07) is 4.61. The summed E-state index contributed by atoms with van der Waals surface area (Å²) in [4.78, 5) is 28.4. The molecule has 28 heavy (non-hydrogen) atoms. The summed E-state index contributed by atoms with van der Waals surface area (Å²) in [5.41, 5.74) is 1.27. The van der Waals surface area contributed by atoms with Gasteiger partial charge >= 0.3 is 0 Å². The SMILES string of the molecule is CN(c1ncnc2[nH]ccc12)C1CCC2(CC1)CCN(C(=O)CCC#N)CC2. The Morgan fingerprint density at radius 2 is 2.07 bits per heavy atom. The van der Waals surface area contributed by atoms with Gasteiger partial charge in [0.2, 0.25) is 5.91 Å². The minimum Gasteiger partial charge on any atom is -0.356 e. The number of anilines is 1. The van der Waals surface area contributed by atoms with Gasteiger partial charge in [0.15, 0.2) is 0 Å². The standard InChI is InChI=1S/C21H28N6O/c1-26(20-17-6-12-23-19(17)24-15-25-20)16-4-7-21(8-5-16)9-13-27(14-10-21)18(28)3-2-11-22/h6,12,15-16H,2-5,7-10,13-14H2,1H3,(H,23,24,25). The third-order valence-electron chi connectivity index (χ3n) is 6.86. The van der Waals surface area contributed by atoms with Crippen LogP contribution >= 0.6 is 0 Å². The highest BCUT2D eigenvalue weighted by molar-refractivity contribution is 5.87. The van der Waals surface area contributed by atoms with Crippen molar-refractivity contribution in [2.75, 3.05) is 25.0 Å². The summed E-state index contributed by atoms with van der Waals surface area (Å²) in [5.74, 6) is 1.15. The van der Waals surface area contributed by atoms with Gasteiger partial charge in [-0.1, -0.05) is 0 Å². The zero-order valence-corrected chi connectivity index (χ0v) is 16.5. The van der Waals surface area contributed by atoms with Crippen LogP contribution in [0.15, 0.2) is 18.6 Å². The molecule has 0 unspecified atom stereocenters. The number of aromatic nitrogens is 3. The molecule has 7 heteroatoms. The van der Waals surface area contributed by atoms with Gasteiger partial charge in [-0.2, -0.15) is 5.26 Å². The molecule has 0 radical (unpaired) electrons. The summed E-state index contributed by atoms with van der Waals surface area (Å²) < 4.78 is 0. The molecule has 4 rings (SSSR count). The third-order valence-corrected chi connectivity index (χ3v) is 6.86. The third kappa shape index (κ3) is 3.56. The molecule has 1 spiro atoms. The molecule has 1 saturated heterocycles. The fraction of sp³-hybridized carbons (Fsp3) is 0.619. The number of nitrogens with one attached hydrogen (secondary N) is 1. The lowest BCUT2D eigenvalue weighted by molar-refractivity contribution is -0.133. The summed E-state index contributed by atoms with van der Waals surface area (Å²) >= 11 is 0. The Balaban J connectivity index is 1.34. The predicted octanol–water partition coefficient (Wildman–Crippen LogP) is 3.25. The van der Waals surface area contributed by atoms with Gasteiger partial charge in [-0.05, 0) is 50.0 Å². The Labute approximate surface area is 165 Å². The number of fused-ring (bicyclic) bond motifs is 1. The van der Waals surface area contributed by atoms with Gasteiger partial charge in [-0.15, -0.1) is 0 Å². The van der Waals surface area contributed by atoms with Gasteiger partial charge in [0, 0.05) is 45.2 Å².